The van der Waals surface area contributed by atoms with Gasteiger partial charge in [0.25, 0.3) is 5.91 Å². The summed E-state index contributed by atoms with van der Waals surface area (Å²) in [6, 6.07) is 18.8. The molecule has 0 bridgehead atoms. The molecule has 0 spiro atoms. The molecule has 2 saturated heterocycles. The quantitative estimate of drug-likeness (QED) is 0.408. The van der Waals surface area contributed by atoms with Gasteiger partial charge in [0.05, 0.1) is 18.7 Å². The van der Waals surface area contributed by atoms with Crippen LogP contribution in [0.15, 0.2) is 66.7 Å². The second kappa shape index (κ2) is 12.0. The van der Waals surface area contributed by atoms with Crippen molar-refractivity contribution in [3.05, 3.63) is 99.3 Å². The molecule has 0 saturated carbocycles. The van der Waals surface area contributed by atoms with Gasteiger partial charge in [-0.05, 0) is 54.4 Å². The van der Waals surface area contributed by atoms with Crippen molar-refractivity contribution in [3.8, 4) is 5.75 Å². The number of hydrogen-bond donors (Lipinski definition) is 2. The van der Waals surface area contributed by atoms with E-state index in [1.165, 1.54) is 12.1 Å². The van der Waals surface area contributed by atoms with Crippen LogP contribution >= 0.6 is 23.2 Å². The summed E-state index contributed by atoms with van der Waals surface area (Å²) in [5.74, 6) is -0.265. The van der Waals surface area contributed by atoms with Gasteiger partial charge >= 0.3 is 0 Å². The third-order valence-electron chi connectivity index (χ3n) is 7.61. The number of carbonyl (C=O) groups excluding carboxylic acids is 1. The van der Waals surface area contributed by atoms with Crippen molar-refractivity contribution >= 4 is 29.1 Å². The summed E-state index contributed by atoms with van der Waals surface area (Å²) in [6.45, 7) is 4.67. The van der Waals surface area contributed by atoms with Crippen LogP contribution in [0.4, 0.5) is 4.39 Å². The summed E-state index contributed by atoms with van der Waals surface area (Å²) in [7, 11) is 4.00. The minimum atomic E-state index is -1.40. The number of rotatable bonds is 7. The molecule has 3 aromatic rings. The second-order valence-corrected chi connectivity index (χ2v) is 11.1. The summed E-state index contributed by atoms with van der Waals surface area (Å²) in [5, 5.41) is 12.8. The Bertz CT molecular complexity index is 1280. The van der Waals surface area contributed by atoms with E-state index >= 15 is 0 Å². The molecule has 3 aromatic carbocycles. The summed E-state index contributed by atoms with van der Waals surface area (Å²) in [5.41, 5.74) is 1.03. The number of hydrazine groups is 1. The van der Waals surface area contributed by atoms with Crippen LogP contribution in [-0.2, 0) is 10.5 Å². The molecule has 7 nitrogen and oxygen atoms in total. The predicted molar refractivity (Wildman–Crippen MR) is 156 cm³/mol. The molecule has 10 heteroatoms. The molecule has 0 aliphatic carbocycles. The first-order valence-corrected chi connectivity index (χ1v) is 14.2. The second-order valence-electron chi connectivity index (χ2n) is 10.3. The third kappa shape index (κ3) is 5.70. The largest absolute Gasteiger partial charge is 0.493 e. The molecule has 0 radical (unpaired) electrons. The predicted octanol–water partition coefficient (Wildman–Crippen LogP) is 4.98. The summed E-state index contributed by atoms with van der Waals surface area (Å²) in [4.78, 5) is 16.5. The Morgan fingerprint density at radius 2 is 1.45 bits per heavy atom. The number of benzene rings is 3. The number of hydrogen-bond acceptors (Lipinski definition) is 6. The fourth-order valence-corrected chi connectivity index (χ4v) is 5.83. The monoisotopic (exact) mass is 585 g/mol. The minimum Gasteiger partial charge on any atom is -0.493 e. The molecule has 2 unspecified atom stereocenters. The van der Waals surface area contributed by atoms with Gasteiger partial charge in [0.1, 0.15) is 11.6 Å². The molecular formula is C30H34Cl2FN5O2. The lowest BCUT2D eigenvalue weighted by Crippen LogP contribution is -2.63. The molecular weight excluding hydrogens is 552 g/mol. The van der Waals surface area contributed by atoms with Crippen LogP contribution in [0.1, 0.15) is 35.7 Å². The zero-order valence-corrected chi connectivity index (χ0v) is 24.3. The number of nitrogens with one attached hydrogen (secondary N) is 2. The van der Waals surface area contributed by atoms with E-state index in [1.54, 1.807) is 6.07 Å². The van der Waals surface area contributed by atoms with E-state index in [4.69, 9.17) is 27.9 Å². The van der Waals surface area contributed by atoms with Gasteiger partial charge in [0.2, 0.25) is 0 Å². The van der Waals surface area contributed by atoms with Crippen LogP contribution in [0.2, 0.25) is 10.0 Å². The minimum absolute atomic E-state index is 0.145. The smallest absolute Gasteiger partial charge is 0.262 e. The Hall–Kier alpha value is -2.72. The number of nitrogens with zero attached hydrogens (tertiary/aromatic N) is 3. The first-order chi connectivity index (χ1) is 19.2. The van der Waals surface area contributed by atoms with E-state index in [9.17, 15) is 9.18 Å². The van der Waals surface area contributed by atoms with Crippen LogP contribution < -0.4 is 15.4 Å². The van der Waals surface area contributed by atoms with Gasteiger partial charge in [-0.25, -0.2) is 14.4 Å². The third-order valence-corrected chi connectivity index (χ3v) is 8.12. The molecule has 1 amide bonds. The van der Waals surface area contributed by atoms with Crippen LogP contribution in [-0.4, -0.2) is 67.7 Å². The van der Waals surface area contributed by atoms with Crippen molar-refractivity contribution in [3.63, 3.8) is 0 Å². The van der Waals surface area contributed by atoms with Gasteiger partial charge in [-0.2, -0.15) is 0 Å². The van der Waals surface area contributed by atoms with Crippen molar-refractivity contribution in [2.45, 2.75) is 24.7 Å². The average molecular weight is 587 g/mol. The number of halogens is 3. The van der Waals surface area contributed by atoms with Crippen LogP contribution in [0.25, 0.3) is 0 Å². The Morgan fingerprint density at radius 3 is 1.93 bits per heavy atom. The average Bonchev–Trinajstić information content (AvgIpc) is 3.35. The molecule has 212 valence electrons. The standard InChI is InChI=1S/C30H34Cl2FN5O2/c1-4-40-26-19-24(33)13-14-25(26)30(29(39)37-15-17-38(18-16-37)36(2)3)34-27(20-5-9-22(31)10-6-20)28(35-30)21-7-11-23(32)12-8-21/h5-14,19,27-28,34-35H,4,15-18H2,1-3H3. The fourth-order valence-electron chi connectivity index (χ4n) is 5.58. The van der Waals surface area contributed by atoms with Gasteiger partial charge < -0.3 is 9.64 Å². The molecule has 2 aliphatic rings. The Balaban J connectivity index is 1.63. The highest BCUT2D eigenvalue weighted by atomic mass is 35.5. The van der Waals surface area contributed by atoms with Crippen molar-refractivity contribution in [1.29, 1.82) is 0 Å². The van der Waals surface area contributed by atoms with E-state index in [2.05, 4.69) is 15.6 Å². The molecule has 2 atom stereocenters. The summed E-state index contributed by atoms with van der Waals surface area (Å²) < 4.78 is 20.4. The van der Waals surface area contributed by atoms with Crippen molar-refractivity contribution < 1.29 is 13.9 Å². The Labute approximate surface area is 244 Å². The lowest BCUT2D eigenvalue weighted by molar-refractivity contribution is -0.144. The molecule has 5 rings (SSSR count). The van der Waals surface area contributed by atoms with E-state index in [1.807, 2.05) is 79.5 Å². The Kier molecular flexibility index (Phi) is 8.66. The highest BCUT2D eigenvalue weighted by Gasteiger charge is 2.54. The molecule has 2 aliphatic heterocycles. The van der Waals surface area contributed by atoms with Crippen LogP contribution in [0.3, 0.4) is 0 Å². The van der Waals surface area contributed by atoms with Gasteiger partial charge in [-0.1, -0.05) is 47.5 Å². The Morgan fingerprint density at radius 1 is 0.925 bits per heavy atom. The van der Waals surface area contributed by atoms with Crippen molar-refractivity contribution in [2.24, 2.45) is 0 Å². The molecule has 2 fully saturated rings. The number of ether oxygens (including phenoxy) is 1. The number of piperazine rings is 1. The topological polar surface area (TPSA) is 60.1 Å². The van der Waals surface area contributed by atoms with Gasteiger partial charge in [-0.15, -0.1) is 0 Å². The van der Waals surface area contributed by atoms with Crippen LogP contribution in [0, 0.1) is 5.82 Å². The number of carbonyl (C=O) groups is 1. The fraction of sp³-hybridized carbons (Fsp3) is 0.367. The van der Waals surface area contributed by atoms with E-state index < -0.39 is 11.5 Å². The van der Waals surface area contributed by atoms with E-state index in [0.717, 1.165) is 11.1 Å². The normalized spacial score (nSPS) is 23.5. The summed E-state index contributed by atoms with van der Waals surface area (Å²) in [6.07, 6.45) is 0. The van der Waals surface area contributed by atoms with Crippen molar-refractivity contribution in [1.82, 2.24) is 25.6 Å². The molecule has 2 N–H and O–H groups in total. The van der Waals surface area contributed by atoms with Crippen molar-refractivity contribution in [2.75, 3.05) is 46.9 Å². The van der Waals surface area contributed by atoms with Gasteiger partial charge in [-0.3, -0.25) is 15.4 Å². The zero-order chi connectivity index (χ0) is 28.4. The maximum absolute atomic E-state index is 14.7. The lowest BCUT2D eigenvalue weighted by Gasteiger charge is -2.42. The maximum Gasteiger partial charge on any atom is 0.262 e. The SMILES string of the molecule is CCOc1cc(F)ccc1C1(C(=O)N2CCN(N(C)C)CC2)NC(c2ccc(Cl)cc2)C(c2ccc(Cl)cc2)N1. The lowest BCUT2D eigenvalue weighted by atomic mass is 9.95. The maximum atomic E-state index is 14.7. The first-order valence-electron chi connectivity index (χ1n) is 13.4. The van der Waals surface area contributed by atoms with Gasteiger partial charge in [0.15, 0.2) is 5.66 Å². The van der Waals surface area contributed by atoms with Crippen LogP contribution in [0.5, 0.6) is 5.75 Å². The van der Waals surface area contributed by atoms with Gasteiger partial charge in [0, 0.05) is 61.9 Å². The molecule has 0 aromatic heterocycles. The summed E-state index contributed by atoms with van der Waals surface area (Å²) >= 11 is 12.5. The molecule has 2 heterocycles. The molecule has 40 heavy (non-hydrogen) atoms. The van der Waals surface area contributed by atoms with E-state index in [-0.39, 0.29) is 18.0 Å². The van der Waals surface area contributed by atoms with E-state index in [0.29, 0.717) is 54.1 Å². The highest BCUT2D eigenvalue weighted by Crippen LogP contribution is 2.44. The highest BCUT2D eigenvalue weighted by molar-refractivity contribution is 6.30. The zero-order valence-electron chi connectivity index (χ0n) is 22.8. The number of amides is 1. The first kappa shape index (κ1) is 28.8.